The van der Waals surface area contributed by atoms with Gasteiger partial charge in [-0.3, -0.25) is 4.79 Å². The van der Waals surface area contributed by atoms with Crippen molar-refractivity contribution in [2.24, 2.45) is 0 Å². The molecule has 0 saturated heterocycles. The highest BCUT2D eigenvalue weighted by Gasteiger charge is 2.07. The maximum atomic E-state index is 11.5. The van der Waals surface area contributed by atoms with E-state index in [1.54, 1.807) is 6.07 Å². The molecule has 0 radical (unpaired) electrons. The molecule has 0 spiro atoms. The molecule has 0 aromatic heterocycles. The van der Waals surface area contributed by atoms with Crippen molar-refractivity contribution < 1.29 is 9.90 Å². The number of nitrogens with one attached hydrogen (secondary N) is 1. The second-order valence-corrected chi connectivity index (χ2v) is 3.68. The van der Waals surface area contributed by atoms with E-state index in [2.05, 4.69) is 12.2 Å². The van der Waals surface area contributed by atoms with Crippen molar-refractivity contribution >= 4 is 17.5 Å². The number of carbonyl (C=O) groups excluding carboxylic acids is 1. The number of rotatable bonds is 4. The number of aromatic hydroxyl groups is 1. The standard InChI is InChI=1S/C11H14ClNO2/c1-2-3-6-13-11(15)8-4-5-10(14)9(12)7-8/h4-5,7,14H,2-3,6H2,1H3,(H,13,15). The highest BCUT2D eigenvalue weighted by Crippen LogP contribution is 2.23. The Morgan fingerprint density at radius 3 is 2.87 bits per heavy atom. The molecule has 1 amide bonds. The number of benzene rings is 1. The fraction of sp³-hybridized carbons (Fsp3) is 0.364. The Kier molecular flexibility index (Phi) is 4.43. The van der Waals surface area contributed by atoms with E-state index >= 15 is 0 Å². The maximum absolute atomic E-state index is 11.5. The van der Waals surface area contributed by atoms with Crippen molar-refractivity contribution in [2.75, 3.05) is 6.54 Å². The molecule has 0 aliphatic carbocycles. The largest absolute Gasteiger partial charge is 0.506 e. The summed E-state index contributed by atoms with van der Waals surface area (Å²) in [5, 5.41) is 12.1. The summed E-state index contributed by atoms with van der Waals surface area (Å²) in [5.74, 6) is -0.174. The molecule has 0 atom stereocenters. The monoisotopic (exact) mass is 227 g/mol. The normalized spacial score (nSPS) is 10.0. The smallest absolute Gasteiger partial charge is 0.251 e. The number of carbonyl (C=O) groups is 1. The van der Waals surface area contributed by atoms with Gasteiger partial charge in [0.1, 0.15) is 5.75 Å². The fourth-order valence-corrected chi connectivity index (χ4v) is 1.31. The van der Waals surface area contributed by atoms with Gasteiger partial charge in [-0.05, 0) is 24.6 Å². The lowest BCUT2D eigenvalue weighted by Crippen LogP contribution is -2.24. The third kappa shape index (κ3) is 3.44. The van der Waals surface area contributed by atoms with Crippen LogP contribution in [0, 0.1) is 0 Å². The van der Waals surface area contributed by atoms with Crippen LogP contribution >= 0.6 is 11.6 Å². The zero-order valence-corrected chi connectivity index (χ0v) is 9.34. The van der Waals surface area contributed by atoms with E-state index in [4.69, 9.17) is 11.6 Å². The lowest BCUT2D eigenvalue weighted by Gasteiger charge is -2.05. The van der Waals surface area contributed by atoms with Gasteiger partial charge in [0.15, 0.2) is 0 Å². The maximum Gasteiger partial charge on any atom is 0.251 e. The van der Waals surface area contributed by atoms with Crippen molar-refractivity contribution in [1.29, 1.82) is 0 Å². The van der Waals surface area contributed by atoms with Gasteiger partial charge in [-0.25, -0.2) is 0 Å². The Bertz CT molecular complexity index is 352. The molecule has 0 heterocycles. The molecule has 0 unspecified atom stereocenters. The van der Waals surface area contributed by atoms with Crippen molar-refractivity contribution in [1.82, 2.24) is 5.32 Å². The first-order valence-corrected chi connectivity index (χ1v) is 5.29. The van der Waals surface area contributed by atoms with Crippen LogP contribution in [0.15, 0.2) is 18.2 Å². The van der Waals surface area contributed by atoms with Crippen LogP contribution in [0.4, 0.5) is 0 Å². The molecule has 82 valence electrons. The summed E-state index contributed by atoms with van der Waals surface area (Å²) >= 11 is 5.69. The van der Waals surface area contributed by atoms with Gasteiger partial charge in [0.25, 0.3) is 5.91 Å². The molecule has 1 aromatic carbocycles. The third-order valence-electron chi connectivity index (χ3n) is 2.03. The lowest BCUT2D eigenvalue weighted by atomic mass is 10.2. The van der Waals surface area contributed by atoms with Crippen LogP contribution in [0.25, 0.3) is 0 Å². The number of hydrogen-bond donors (Lipinski definition) is 2. The molecule has 0 saturated carbocycles. The van der Waals surface area contributed by atoms with Crippen LogP contribution in [0.1, 0.15) is 30.1 Å². The van der Waals surface area contributed by atoms with Gasteiger partial charge in [0.2, 0.25) is 0 Å². The van der Waals surface area contributed by atoms with Crippen molar-refractivity contribution in [3.63, 3.8) is 0 Å². The molecule has 3 nitrogen and oxygen atoms in total. The average molecular weight is 228 g/mol. The summed E-state index contributed by atoms with van der Waals surface area (Å²) in [4.78, 5) is 11.5. The Labute approximate surface area is 94.1 Å². The lowest BCUT2D eigenvalue weighted by molar-refractivity contribution is 0.0953. The van der Waals surface area contributed by atoms with Crippen LogP contribution in [0.5, 0.6) is 5.75 Å². The molecule has 1 rings (SSSR count). The minimum absolute atomic E-state index is 0.0122. The highest BCUT2D eigenvalue weighted by molar-refractivity contribution is 6.32. The van der Waals surface area contributed by atoms with E-state index in [1.807, 2.05) is 0 Å². The number of amides is 1. The van der Waals surface area contributed by atoms with Gasteiger partial charge >= 0.3 is 0 Å². The quantitative estimate of drug-likeness (QED) is 0.777. The van der Waals surface area contributed by atoms with Crippen molar-refractivity contribution in [2.45, 2.75) is 19.8 Å². The number of unbranched alkanes of at least 4 members (excludes halogenated alkanes) is 1. The van der Waals surface area contributed by atoms with Crippen LogP contribution in [0.2, 0.25) is 5.02 Å². The van der Waals surface area contributed by atoms with Gasteiger partial charge in [0.05, 0.1) is 5.02 Å². The second-order valence-electron chi connectivity index (χ2n) is 3.28. The Balaban J connectivity index is 2.62. The van der Waals surface area contributed by atoms with E-state index in [9.17, 15) is 9.90 Å². The zero-order valence-electron chi connectivity index (χ0n) is 8.59. The molecule has 0 fully saturated rings. The Morgan fingerprint density at radius 2 is 2.27 bits per heavy atom. The van der Waals surface area contributed by atoms with E-state index in [0.29, 0.717) is 12.1 Å². The summed E-state index contributed by atoms with van der Waals surface area (Å²) < 4.78 is 0. The number of phenolic OH excluding ortho intramolecular Hbond substituents is 1. The number of hydrogen-bond acceptors (Lipinski definition) is 2. The van der Waals surface area contributed by atoms with Gasteiger partial charge < -0.3 is 10.4 Å². The SMILES string of the molecule is CCCCNC(=O)c1ccc(O)c(Cl)c1. The summed E-state index contributed by atoms with van der Waals surface area (Å²) in [7, 11) is 0. The minimum Gasteiger partial charge on any atom is -0.506 e. The van der Waals surface area contributed by atoms with E-state index in [0.717, 1.165) is 12.8 Å². The summed E-state index contributed by atoms with van der Waals surface area (Å²) in [5.41, 5.74) is 0.467. The fourth-order valence-electron chi connectivity index (χ4n) is 1.13. The first-order chi connectivity index (χ1) is 7.15. The molecule has 0 aliphatic rings. The first-order valence-electron chi connectivity index (χ1n) is 4.92. The van der Waals surface area contributed by atoms with E-state index < -0.39 is 0 Å². The molecular formula is C11H14ClNO2. The van der Waals surface area contributed by atoms with Crippen LogP contribution in [-0.2, 0) is 0 Å². The van der Waals surface area contributed by atoms with Gasteiger partial charge in [-0.15, -0.1) is 0 Å². The Hall–Kier alpha value is -1.22. The van der Waals surface area contributed by atoms with E-state index in [1.165, 1.54) is 12.1 Å². The van der Waals surface area contributed by atoms with Crippen LogP contribution < -0.4 is 5.32 Å². The molecule has 1 aromatic rings. The second kappa shape index (κ2) is 5.61. The Morgan fingerprint density at radius 1 is 1.53 bits per heavy atom. The topological polar surface area (TPSA) is 49.3 Å². The highest BCUT2D eigenvalue weighted by atomic mass is 35.5. The van der Waals surface area contributed by atoms with Gasteiger partial charge in [-0.1, -0.05) is 24.9 Å². The number of halogens is 1. The number of phenols is 1. The molecule has 2 N–H and O–H groups in total. The molecule has 4 heteroatoms. The van der Waals surface area contributed by atoms with Crippen LogP contribution in [0.3, 0.4) is 0 Å². The average Bonchev–Trinajstić information content (AvgIpc) is 2.22. The summed E-state index contributed by atoms with van der Waals surface area (Å²) in [6.07, 6.45) is 1.99. The summed E-state index contributed by atoms with van der Waals surface area (Å²) in [6, 6.07) is 4.41. The zero-order chi connectivity index (χ0) is 11.3. The van der Waals surface area contributed by atoms with Gasteiger partial charge in [0, 0.05) is 12.1 Å². The first kappa shape index (κ1) is 11.9. The third-order valence-corrected chi connectivity index (χ3v) is 2.33. The summed E-state index contributed by atoms with van der Waals surface area (Å²) in [6.45, 7) is 2.72. The molecule has 0 aliphatic heterocycles. The van der Waals surface area contributed by atoms with E-state index in [-0.39, 0.29) is 16.7 Å². The minimum atomic E-state index is -0.162. The predicted octanol–water partition coefficient (Wildman–Crippen LogP) is 2.58. The molecular weight excluding hydrogens is 214 g/mol. The molecule has 15 heavy (non-hydrogen) atoms. The van der Waals surface area contributed by atoms with Crippen LogP contribution in [-0.4, -0.2) is 17.6 Å². The molecule has 0 bridgehead atoms. The predicted molar refractivity (Wildman–Crippen MR) is 60.4 cm³/mol. The van der Waals surface area contributed by atoms with Crippen molar-refractivity contribution in [3.8, 4) is 5.75 Å². The van der Waals surface area contributed by atoms with Gasteiger partial charge in [-0.2, -0.15) is 0 Å². The van der Waals surface area contributed by atoms with Crippen molar-refractivity contribution in [3.05, 3.63) is 28.8 Å².